The van der Waals surface area contributed by atoms with Crippen LogP contribution in [0.25, 0.3) is 66.3 Å². The predicted molar refractivity (Wildman–Crippen MR) is 420 cm³/mol. The van der Waals surface area contributed by atoms with Gasteiger partial charge in [-0.3, -0.25) is 29.3 Å². The zero-order valence-corrected chi connectivity index (χ0v) is 65.7. The molecule has 4 amide bonds. The number of nitrogens with one attached hydrogen (secondary N) is 3. The number of carbonyl (C=O) groups excluding carboxylic acids is 5. The molecule has 0 unspecified atom stereocenters. The number of hydrogen-bond donors (Lipinski definition) is 3. The molecular weight excluding hydrogens is 1450 g/mol. The molecule has 2 aromatic heterocycles. The number of carbonyl (C=O) groups is 5. The van der Waals surface area contributed by atoms with E-state index in [2.05, 4.69) is 121 Å². The fraction of sp³-hybridized carbons (Fsp3) is 0.483. The number of amides is 4. The van der Waals surface area contributed by atoms with E-state index < -0.39 is 42.9 Å². The summed E-state index contributed by atoms with van der Waals surface area (Å²) in [5.41, 5.74) is 15.4. The zero-order chi connectivity index (χ0) is 79.6. The van der Waals surface area contributed by atoms with E-state index in [0.29, 0.717) is 44.0 Å². The Morgan fingerprint density at radius 2 is 1.13 bits per heavy atom. The number of benzene rings is 6. The number of aromatic amines is 2. The molecule has 4 fully saturated rings. The number of alkyl carbamates (subject to hydrolysis) is 1. The van der Waals surface area contributed by atoms with Crippen LogP contribution in [0.4, 0.5) is 38.5 Å². The second-order valence-corrected chi connectivity index (χ2v) is 33.2. The number of aliphatic imine (C=N–C) groups is 2. The van der Waals surface area contributed by atoms with E-state index in [1.807, 2.05) is 62.7 Å². The maximum atomic E-state index is 14.1. The van der Waals surface area contributed by atoms with Crippen molar-refractivity contribution < 1.29 is 74.7 Å². The van der Waals surface area contributed by atoms with Gasteiger partial charge in [0, 0.05) is 65.9 Å². The first-order valence-electron chi connectivity index (χ1n) is 39.5. The van der Waals surface area contributed by atoms with Gasteiger partial charge in [-0.05, 0) is 218 Å². The average Bonchev–Trinajstić information content (AvgIpc) is 1.71. The fourth-order valence-corrected chi connectivity index (χ4v) is 18.1. The van der Waals surface area contributed by atoms with Crippen LogP contribution in [0.3, 0.4) is 0 Å². The van der Waals surface area contributed by atoms with Crippen LogP contribution in [0, 0.1) is 29.6 Å². The second kappa shape index (κ2) is 32.0. The highest BCUT2D eigenvalue weighted by Crippen LogP contribution is 2.49. The van der Waals surface area contributed by atoms with Crippen molar-refractivity contribution in [2.75, 3.05) is 34.0 Å². The molecule has 0 spiro atoms. The molecule has 1 saturated carbocycles. The van der Waals surface area contributed by atoms with Crippen molar-refractivity contribution in [3.8, 4) is 56.3 Å². The Morgan fingerprint density at radius 3 is 1.66 bits per heavy atom. The van der Waals surface area contributed by atoms with Crippen molar-refractivity contribution in [1.29, 1.82) is 0 Å². The Balaban J connectivity index is 0.000000184. The minimum atomic E-state index is -2.94. The van der Waals surface area contributed by atoms with Gasteiger partial charge in [0.15, 0.2) is 0 Å². The van der Waals surface area contributed by atoms with Gasteiger partial charge in [0.2, 0.25) is 11.8 Å². The highest BCUT2D eigenvalue weighted by atomic mass is 19.3. The minimum Gasteiger partial charge on any atom is -0.488 e. The summed E-state index contributed by atoms with van der Waals surface area (Å²) in [6.07, 6.45) is 10.3. The standard InChI is InChI=1S/C48H56F2N6O8.C39H42F2N4O4/c1-24(2)32(19-42(57)61-6)45(58)56-26(5)8-13-39(56)37-17-34-33-18-41-35(16-28(33)10-12-36(34)52-37)31-11-9-29(15-30(31)23-63-41)38-20-51-44(53-38)40-14-27(22-64-47(49)50)21-55(40)46(59)43(25(3)4)54-48(60)62-7;1-21-5-12-34(45(21)38(46)49-39(2,3)4)32-16-29-28-17-35-30(15-23(28)9-11-31(29)43-32)27-10-8-24(14-26(27)20-47-35)33-18-42-36(44-33)25-7-6-22(13-25)19-48-37(40)41/h9-12,15-16,18,20,24-27,32,39-40,43,47H,8,13-14,17,19,21-23H2,1-7H3,(H,51,53)(H,54,60);8-11,14-15,17-18,21-22,25,34,37H,5-7,12-13,16,19-20H2,1-4H3,(H,42,44)/t26-,27-,32-,39-,40-,43-;21-,22+,25-,34-/m00/s1. The molecule has 9 heterocycles. The Hall–Kier alpha value is -10.2. The maximum absolute atomic E-state index is 14.1. The summed E-state index contributed by atoms with van der Waals surface area (Å²) in [6.45, 7) is 12.6. The molecule has 8 aromatic rings. The Kier molecular flexibility index (Phi) is 22.1. The van der Waals surface area contributed by atoms with E-state index in [4.69, 9.17) is 33.7 Å². The Labute approximate surface area is 654 Å². The average molecular weight is 1550 g/mol. The SMILES string of the molecule is COC(=O)C[C@H](C(=O)N1[C@@H](C)CC[C@H]1C1=Nc2ccc3cc4c(cc3c2C1)OCc1cc(-c2cnc([C@@H]3C[C@H](COC(F)F)CN3C(=O)[C@@H](NC(=O)OC)C(C)C)[nH]2)ccc1-4)C(C)C.C[C@H]1CC[C@@H](C2=Nc3ccc4cc5c(cc4c3C2)OCc2cc(-c3cnc([C@H]4CC[C@@H](COC(F)F)C4)[nH]3)ccc2-5)N1C(=O)OC(C)(C)C. The molecule has 10 atom stereocenters. The number of H-pyrrole nitrogens is 2. The van der Waals surface area contributed by atoms with Crippen LogP contribution >= 0.6 is 0 Å². The van der Waals surface area contributed by atoms with Gasteiger partial charge in [0.05, 0.1) is 93.1 Å². The number of likely N-dealkylation sites (tertiary alicyclic amines) is 3. The number of rotatable bonds is 19. The molecule has 8 aliphatic rings. The Bertz CT molecular complexity index is 5070. The van der Waals surface area contributed by atoms with Gasteiger partial charge in [-0.15, -0.1) is 0 Å². The number of ether oxygens (including phenoxy) is 7. The van der Waals surface area contributed by atoms with E-state index in [-0.39, 0.29) is 104 Å². The first kappa shape index (κ1) is 78.1. The van der Waals surface area contributed by atoms with Crippen molar-refractivity contribution >= 4 is 74.3 Å². The van der Waals surface area contributed by atoms with Gasteiger partial charge < -0.3 is 58.2 Å². The quantitative estimate of drug-likeness (QED) is 0.0387. The van der Waals surface area contributed by atoms with Crippen LogP contribution in [0.15, 0.2) is 107 Å². The molecule has 113 heavy (non-hydrogen) atoms. The molecule has 3 N–H and O–H groups in total. The molecule has 26 heteroatoms. The summed E-state index contributed by atoms with van der Waals surface area (Å²) in [4.78, 5) is 97.5. The first-order chi connectivity index (χ1) is 54.1. The predicted octanol–water partition coefficient (Wildman–Crippen LogP) is 17.5. The van der Waals surface area contributed by atoms with E-state index in [1.54, 1.807) is 24.9 Å². The van der Waals surface area contributed by atoms with E-state index in [1.165, 1.54) is 19.8 Å². The van der Waals surface area contributed by atoms with Crippen molar-refractivity contribution in [3.05, 3.63) is 131 Å². The number of alkyl halides is 4. The van der Waals surface area contributed by atoms with Crippen LogP contribution in [0.5, 0.6) is 11.5 Å². The van der Waals surface area contributed by atoms with Crippen molar-refractivity contribution in [2.24, 2.45) is 39.6 Å². The van der Waals surface area contributed by atoms with Crippen molar-refractivity contribution in [1.82, 2.24) is 40.0 Å². The summed E-state index contributed by atoms with van der Waals surface area (Å²) in [5, 5.41) is 6.99. The number of halogens is 4. The van der Waals surface area contributed by atoms with Crippen LogP contribution < -0.4 is 14.8 Å². The van der Waals surface area contributed by atoms with Crippen LogP contribution in [0.1, 0.15) is 166 Å². The molecule has 0 radical (unpaired) electrons. The minimum absolute atomic E-state index is 0.0246. The number of nitrogens with zero attached hydrogens (tertiary/aromatic N) is 7. The second-order valence-electron chi connectivity index (χ2n) is 33.2. The summed E-state index contributed by atoms with van der Waals surface area (Å²) >= 11 is 0. The third kappa shape index (κ3) is 16.0. The fourth-order valence-electron chi connectivity index (χ4n) is 18.1. The van der Waals surface area contributed by atoms with Crippen LogP contribution in [-0.4, -0.2) is 159 Å². The number of aromatic nitrogens is 4. The lowest BCUT2D eigenvalue weighted by molar-refractivity contribution is -0.148. The molecule has 16 rings (SSSR count). The molecule has 22 nitrogen and oxygen atoms in total. The third-order valence-electron chi connectivity index (χ3n) is 24.0. The van der Waals surface area contributed by atoms with Gasteiger partial charge in [0.1, 0.15) is 48.0 Å². The molecule has 0 bridgehead atoms. The summed E-state index contributed by atoms with van der Waals surface area (Å²) in [5.74, 6) is 1.44. The number of hydrogen-bond acceptors (Lipinski definition) is 16. The number of methoxy groups -OCH3 is 2. The lowest BCUT2D eigenvalue weighted by Gasteiger charge is -2.33. The van der Waals surface area contributed by atoms with E-state index in [9.17, 15) is 41.5 Å². The van der Waals surface area contributed by atoms with E-state index in [0.717, 1.165) is 162 Å². The lowest BCUT2D eigenvalue weighted by Crippen LogP contribution is -2.51. The first-order valence-corrected chi connectivity index (χ1v) is 39.5. The van der Waals surface area contributed by atoms with Crippen molar-refractivity contribution in [3.63, 3.8) is 0 Å². The molecular formula is C87H98F4N10O12. The lowest BCUT2D eigenvalue weighted by atomic mass is 9.89. The summed E-state index contributed by atoms with van der Waals surface area (Å²) in [7, 11) is 2.57. The van der Waals surface area contributed by atoms with E-state index >= 15 is 0 Å². The normalized spacial score (nSPS) is 21.9. The van der Waals surface area contributed by atoms with Crippen LogP contribution in [-0.2, 0) is 64.1 Å². The molecule has 7 aliphatic heterocycles. The summed E-state index contributed by atoms with van der Waals surface area (Å²) in [6, 6.07) is 28.0. The van der Waals surface area contributed by atoms with Gasteiger partial charge in [-0.2, -0.15) is 17.6 Å². The zero-order valence-electron chi connectivity index (χ0n) is 65.7. The summed E-state index contributed by atoms with van der Waals surface area (Å²) < 4.78 is 88.6. The van der Waals surface area contributed by atoms with Gasteiger partial charge in [-0.25, -0.2) is 19.6 Å². The highest BCUT2D eigenvalue weighted by Gasteiger charge is 2.46. The highest BCUT2D eigenvalue weighted by molar-refractivity contribution is 6.08. The van der Waals surface area contributed by atoms with Gasteiger partial charge in [-0.1, -0.05) is 64.1 Å². The molecule has 3 saturated heterocycles. The number of imidazole rings is 2. The Morgan fingerprint density at radius 1 is 0.593 bits per heavy atom. The monoisotopic (exact) mass is 1550 g/mol. The molecule has 596 valence electrons. The van der Waals surface area contributed by atoms with Crippen molar-refractivity contribution in [2.45, 2.75) is 207 Å². The molecule has 6 aromatic carbocycles. The smallest absolute Gasteiger partial charge is 0.411 e. The van der Waals surface area contributed by atoms with Gasteiger partial charge >= 0.3 is 31.4 Å². The van der Waals surface area contributed by atoms with Crippen LogP contribution in [0.2, 0.25) is 0 Å². The third-order valence-corrected chi connectivity index (χ3v) is 24.0. The topological polar surface area (TPSA) is 254 Å². The number of esters is 1. The maximum Gasteiger partial charge on any atom is 0.411 e. The van der Waals surface area contributed by atoms with Gasteiger partial charge in [0.25, 0.3) is 0 Å². The largest absolute Gasteiger partial charge is 0.488 e. The molecule has 1 aliphatic carbocycles. The number of fused-ring (bicyclic) bond motifs is 12.